The van der Waals surface area contributed by atoms with Crippen LogP contribution in [-0.2, 0) is 11.3 Å². The first kappa shape index (κ1) is 20.9. The SMILES string of the molecule is Cc1ccc(N2C(=O)c3cc4occc4n3CC2(C)C(=O)NC2CCC(C)CC2)c(C)c1. The molecule has 0 radical (unpaired) electrons. The van der Waals surface area contributed by atoms with Crippen LogP contribution in [0.15, 0.2) is 41.0 Å². The van der Waals surface area contributed by atoms with Crippen molar-refractivity contribution >= 4 is 28.6 Å². The van der Waals surface area contributed by atoms with Crippen LogP contribution in [0.1, 0.15) is 61.1 Å². The number of nitrogens with one attached hydrogen (secondary N) is 1. The number of amides is 2. The molecule has 1 saturated carbocycles. The van der Waals surface area contributed by atoms with Crippen LogP contribution >= 0.6 is 0 Å². The Morgan fingerprint density at radius 3 is 2.59 bits per heavy atom. The summed E-state index contributed by atoms with van der Waals surface area (Å²) in [4.78, 5) is 29.4. The van der Waals surface area contributed by atoms with E-state index in [0.29, 0.717) is 23.7 Å². The van der Waals surface area contributed by atoms with Gasteiger partial charge in [-0.1, -0.05) is 24.6 Å². The zero-order chi connectivity index (χ0) is 22.6. The van der Waals surface area contributed by atoms with E-state index in [-0.39, 0.29) is 17.9 Å². The van der Waals surface area contributed by atoms with Crippen molar-refractivity contribution in [2.24, 2.45) is 5.92 Å². The molecule has 1 unspecified atom stereocenters. The summed E-state index contributed by atoms with van der Waals surface area (Å²) in [7, 11) is 0. The minimum Gasteiger partial charge on any atom is -0.463 e. The Labute approximate surface area is 188 Å². The first-order valence-corrected chi connectivity index (χ1v) is 11.6. The minimum absolute atomic E-state index is 0.0960. The highest BCUT2D eigenvalue weighted by atomic mass is 16.3. The molecule has 1 fully saturated rings. The van der Waals surface area contributed by atoms with Crippen LogP contribution < -0.4 is 10.2 Å². The van der Waals surface area contributed by atoms with E-state index in [4.69, 9.17) is 4.42 Å². The molecule has 168 valence electrons. The molecule has 3 aromatic rings. The number of hydrogen-bond donors (Lipinski definition) is 1. The molecule has 2 amide bonds. The van der Waals surface area contributed by atoms with Gasteiger partial charge >= 0.3 is 0 Å². The van der Waals surface area contributed by atoms with E-state index in [1.807, 2.05) is 43.5 Å². The normalized spacial score (nSPS) is 25.8. The molecule has 1 aromatic carbocycles. The first-order valence-electron chi connectivity index (χ1n) is 11.6. The zero-order valence-electron chi connectivity index (χ0n) is 19.3. The quantitative estimate of drug-likeness (QED) is 0.634. The maximum absolute atomic E-state index is 13.9. The number of furan rings is 1. The Kier molecular flexibility index (Phi) is 4.91. The van der Waals surface area contributed by atoms with Crippen LogP contribution in [0.25, 0.3) is 11.1 Å². The average molecular weight is 434 g/mol. The second-order valence-electron chi connectivity index (χ2n) is 9.92. The summed E-state index contributed by atoms with van der Waals surface area (Å²) >= 11 is 0. The zero-order valence-corrected chi connectivity index (χ0v) is 19.3. The fourth-order valence-corrected chi connectivity index (χ4v) is 5.39. The molecule has 6 heteroatoms. The maximum atomic E-state index is 13.9. The smallest absolute Gasteiger partial charge is 0.276 e. The van der Waals surface area contributed by atoms with E-state index in [2.05, 4.69) is 18.3 Å². The maximum Gasteiger partial charge on any atom is 0.276 e. The Bertz CT molecular complexity index is 1200. The van der Waals surface area contributed by atoms with Gasteiger partial charge in [-0.3, -0.25) is 14.5 Å². The molecule has 2 aromatic heterocycles. The van der Waals surface area contributed by atoms with Crippen LogP contribution in [0.5, 0.6) is 0 Å². The fourth-order valence-electron chi connectivity index (χ4n) is 5.39. The summed E-state index contributed by atoms with van der Waals surface area (Å²) in [6.45, 7) is 8.56. The van der Waals surface area contributed by atoms with Gasteiger partial charge in [0.2, 0.25) is 5.91 Å². The Balaban J connectivity index is 1.59. The minimum atomic E-state index is -1.06. The van der Waals surface area contributed by atoms with Gasteiger partial charge < -0.3 is 14.3 Å². The number of nitrogens with zero attached hydrogens (tertiary/aromatic N) is 2. The lowest BCUT2D eigenvalue weighted by Crippen LogP contribution is -2.65. The summed E-state index contributed by atoms with van der Waals surface area (Å²) in [5.74, 6) is 0.435. The molecule has 0 saturated heterocycles. The summed E-state index contributed by atoms with van der Waals surface area (Å²) in [5.41, 5.74) is 3.89. The van der Waals surface area contributed by atoms with Crippen LogP contribution in [0.2, 0.25) is 0 Å². The predicted molar refractivity (Wildman–Crippen MR) is 125 cm³/mol. The number of hydrogen-bond acceptors (Lipinski definition) is 3. The molecule has 1 aliphatic heterocycles. The van der Waals surface area contributed by atoms with Gasteiger partial charge in [-0.05, 0) is 64.0 Å². The number of carbonyl (C=O) groups is 2. The van der Waals surface area contributed by atoms with Crippen molar-refractivity contribution in [3.8, 4) is 0 Å². The van der Waals surface area contributed by atoms with Crippen molar-refractivity contribution < 1.29 is 14.0 Å². The summed E-state index contributed by atoms with van der Waals surface area (Å²) in [6.07, 6.45) is 5.85. The Morgan fingerprint density at radius 1 is 1.12 bits per heavy atom. The first-order chi connectivity index (χ1) is 15.3. The van der Waals surface area contributed by atoms with Gasteiger partial charge in [-0.25, -0.2) is 0 Å². The van der Waals surface area contributed by atoms with Crippen molar-refractivity contribution in [3.05, 3.63) is 53.4 Å². The van der Waals surface area contributed by atoms with E-state index in [0.717, 1.165) is 48.0 Å². The molecule has 1 aliphatic carbocycles. The second kappa shape index (κ2) is 7.54. The van der Waals surface area contributed by atoms with Crippen LogP contribution in [0.4, 0.5) is 5.69 Å². The van der Waals surface area contributed by atoms with Gasteiger partial charge in [0, 0.05) is 23.9 Å². The number of fused-ring (bicyclic) bond motifs is 3. The lowest BCUT2D eigenvalue weighted by molar-refractivity contribution is -0.127. The predicted octanol–water partition coefficient (Wildman–Crippen LogP) is 4.97. The molecule has 2 aliphatic rings. The molecule has 0 spiro atoms. The van der Waals surface area contributed by atoms with E-state index in [1.54, 1.807) is 17.2 Å². The van der Waals surface area contributed by atoms with Gasteiger partial charge in [0.15, 0.2) is 5.58 Å². The van der Waals surface area contributed by atoms with Crippen molar-refractivity contribution in [1.29, 1.82) is 0 Å². The average Bonchev–Trinajstić information content (AvgIpc) is 3.34. The highest BCUT2D eigenvalue weighted by Crippen LogP contribution is 2.38. The topological polar surface area (TPSA) is 67.5 Å². The van der Waals surface area contributed by atoms with Crippen molar-refractivity contribution in [2.75, 3.05) is 4.90 Å². The number of carbonyl (C=O) groups excluding carboxylic acids is 2. The van der Waals surface area contributed by atoms with Crippen molar-refractivity contribution in [1.82, 2.24) is 9.88 Å². The van der Waals surface area contributed by atoms with Gasteiger partial charge in [-0.15, -0.1) is 0 Å². The number of rotatable bonds is 3. The largest absolute Gasteiger partial charge is 0.463 e. The molecule has 32 heavy (non-hydrogen) atoms. The van der Waals surface area contributed by atoms with E-state index < -0.39 is 5.54 Å². The number of aromatic nitrogens is 1. The van der Waals surface area contributed by atoms with Gasteiger partial charge in [0.1, 0.15) is 11.2 Å². The van der Waals surface area contributed by atoms with Crippen LogP contribution in [0.3, 0.4) is 0 Å². The molecule has 5 rings (SSSR count). The third-order valence-corrected chi connectivity index (χ3v) is 7.34. The second-order valence-corrected chi connectivity index (χ2v) is 9.92. The summed E-state index contributed by atoms with van der Waals surface area (Å²) in [5, 5.41) is 3.30. The van der Waals surface area contributed by atoms with Crippen molar-refractivity contribution in [3.63, 3.8) is 0 Å². The van der Waals surface area contributed by atoms with Crippen LogP contribution in [0, 0.1) is 19.8 Å². The van der Waals surface area contributed by atoms with E-state index >= 15 is 0 Å². The Morgan fingerprint density at radius 2 is 1.88 bits per heavy atom. The van der Waals surface area contributed by atoms with Gasteiger partial charge in [0.25, 0.3) is 5.91 Å². The van der Waals surface area contributed by atoms with Crippen molar-refractivity contribution in [2.45, 2.75) is 71.5 Å². The highest BCUT2D eigenvalue weighted by molar-refractivity contribution is 6.14. The molecule has 6 nitrogen and oxygen atoms in total. The monoisotopic (exact) mass is 433 g/mol. The number of anilines is 1. The van der Waals surface area contributed by atoms with E-state index in [1.165, 1.54) is 0 Å². The molecule has 1 atom stereocenters. The van der Waals surface area contributed by atoms with E-state index in [9.17, 15) is 9.59 Å². The summed E-state index contributed by atoms with van der Waals surface area (Å²) < 4.78 is 7.50. The van der Waals surface area contributed by atoms with Crippen LogP contribution in [-0.4, -0.2) is 28.0 Å². The number of aryl methyl sites for hydroxylation is 2. The lowest BCUT2D eigenvalue weighted by Gasteiger charge is -2.45. The third kappa shape index (κ3) is 3.24. The molecule has 0 bridgehead atoms. The fraction of sp³-hybridized carbons (Fsp3) is 0.462. The standard InChI is InChI=1S/C26H31N3O3/c1-16-5-8-19(9-6-16)27-25(31)26(4)15-28-21-11-12-32-23(21)14-22(28)24(30)29(26)20-10-7-17(2)13-18(20)3/h7,10-14,16,19H,5-6,8-9,15H2,1-4H3,(H,27,31). The number of benzene rings is 1. The van der Waals surface area contributed by atoms with Gasteiger partial charge in [0.05, 0.1) is 18.3 Å². The molecular weight excluding hydrogens is 402 g/mol. The molecule has 1 N–H and O–H groups in total. The van der Waals surface area contributed by atoms with Gasteiger partial charge in [-0.2, -0.15) is 0 Å². The molecule has 3 heterocycles. The summed E-state index contributed by atoms with van der Waals surface area (Å²) in [6, 6.07) is 9.82. The Hall–Kier alpha value is -3.02. The molecular formula is C26H31N3O3. The highest BCUT2D eigenvalue weighted by Gasteiger charge is 2.49. The third-order valence-electron chi connectivity index (χ3n) is 7.34. The lowest BCUT2D eigenvalue weighted by atomic mass is 9.86.